The van der Waals surface area contributed by atoms with Crippen molar-refractivity contribution in [2.24, 2.45) is 5.92 Å². The second-order valence-electron chi connectivity index (χ2n) is 9.76. The minimum atomic E-state index is -3.37. The molecule has 1 fully saturated rings. The SMILES string of the molecule is Cc1cc(OC[P@]2(=O)OCC[C@@H](C3C=CC(Cl)=CC3)O2)cc(C)c1Cc1ccc(O)c(C(C)C)c1. The maximum Gasteiger partial charge on any atom is 0.368 e. The predicted molar refractivity (Wildman–Crippen MR) is 141 cm³/mol. The first-order chi connectivity index (χ1) is 16.6. The van der Waals surface area contributed by atoms with Crippen molar-refractivity contribution < 1.29 is 23.5 Å². The van der Waals surface area contributed by atoms with Crippen LogP contribution < -0.4 is 4.74 Å². The first kappa shape index (κ1) is 26.0. The number of allylic oxidation sites excluding steroid dienone is 3. The Morgan fingerprint density at radius 2 is 1.94 bits per heavy atom. The summed E-state index contributed by atoms with van der Waals surface area (Å²) in [5, 5.41) is 10.9. The molecule has 35 heavy (non-hydrogen) atoms. The summed E-state index contributed by atoms with van der Waals surface area (Å²) in [5.41, 5.74) is 5.51. The molecule has 0 aromatic heterocycles. The third-order valence-corrected chi connectivity index (χ3v) is 8.60. The number of hydrogen-bond acceptors (Lipinski definition) is 5. The van der Waals surface area contributed by atoms with Crippen molar-refractivity contribution in [1.82, 2.24) is 0 Å². The number of rotatable bonds is 7. The normalized spacial score (nSPS) is 24.5. The molecule has 0 amide bonds. The first-order valence-electron chi connectivity index (χ1n) is 12.1. The summed E-state index contributed by atoms with van der Waals surface area (Å²) in [6, 6.07) is 9.76. The van der Waals surface area contributed by atoms with E-state index in [2.05, 4.69) is 33.8 Å². The number of aryl methyl sites for hydroxylation is 2. The van der Waals surface area contributed by atoms with Gasteiger partial charge in [-0.1, -0.05) is 49.7 Å². The summed E-state index contributed by atoms with van der Waals surface area (Å²) >= 11 is 6.03. The van der Waals surface area contributed by atoms with Crippen LogP contribution >= 0.6 is 19.2 Å². The van der Waals surface area contributed by atoms with E-state index in [0.717, 1.165) is 40.1 Å². The van der Waals surface area contributed by atoms with E-state index in [9.17, 15) is 9.67 Å². The highest BCUT2D eigenvalue weighted by Crippen LogP contribution is 2.54. The number of phenolic OH excluding ortho intramolecular Hbond substituents is 1. The number of benzene rings is 2. The Morgan fingerprint density at radius 3 is 2.60 bits per heavy atom. The molecule has 3 atom stereocenters. The molecule has 1 heterocycles. The Labute approximate surface area is 213 Å². The molecule has 1 N–H and O–H groups in total. The topological polar surface area (TPSA) is 65.0 Å². The summed E-state index contributed by atoms with van der Waals surface area (Å²) in [6.07, 6.45) is 7.76. The van der Waals surface area contributed by atoms with Gasteiger partial charge in [0.15, 0.2) is 6.35 Å². The van der Waals surface area contributed by atoms with Crippen LogP contribution in [0.3, 0.4) is 0 Å². The maximum atomic E-state index is 13.3. The zero-order valence-corrected chi connectivity index (χ0v) is 22.4. The van der Waals surface area contributed by atoms with Gasteiger partial charge in [-0.25, -0.2) is 0 Å². The second-order valence-corrected chi connectivity index (χ2v) is 12.1. The van der Waals surface area contributed by atoms with Crippen molar-refractivity contribution in [3.05, 3.63) is 81.4 Å². The fourth-order valence-corrected chi connectivity index (χ4v) is 6.42. The van der Waals surface area contributed by atoms with Gasteiger partial charge in [-0.15, -0.1) is 0 Å². The summed E-state index contributed by atoms with van der Waals surface area (Å²) in [4.78, 5) is 0. The Morgan fingerprint density at radius 1 is 1.20 bits per heavy atom. The molecule has 7 heteroatoms. The van der Waals surface area contributed by atoms with Crippen LogP contribution in [0.5, 0.6) is 11.5 Å². The van der Waals surface area contributed by atoms with E-state index in [-0.39, 0.29) is 24.3 Å². The molecular weight excluding hydrogens is 483 g/mol. The lowest BCUT2D eigenvalue weighted by atomic mass is 9.93. The van der Waals surface area contributed by atoms with Crippen molar-refractivity contribution in [3.63, 3.8) is 0 Å². The Bertz CT molecular complexity index is 1160. The molecule has 0 radical (unpaired) electrons. The Kier molecular flexibility index (Phi) is 8.12. The van der Waals surface area contributed by atoms with Gasteiger partial charge in [-0.2, -0.15) is 0 Å². The van der Waals surface area contributed by atoms with Gasteiger partial charge in [-0.05, 0) is 91.1 Å². The van der Waals surface area contributed by atoms with Crippen LogP contribution in [0, 0.1) is 19.8 Å². The number of hydrogen-bond donors (Lipinski definition) is 1. The molecule has 0 saturated carbocycles. The van der Waals surface area contributed by atoms with Gasteiger partial charge in [0.2, 0.25) is 0 Å². The van der Waals surface area contributed by atoms with Crippen LogP contribution in [-0.4, -0.2) is 24.2 Å². The summed E-state index contributed by atoms with van der Waals surface area (Å²) in [7, 11) is -3.37. The Balaban J connectivity index is 1.42. The van der Waals surface area contributed by atoms with Crippen LogP contribution in [0.15, 0.2) is 53.6 Å². The van der Waals surface area contributed by atoms with Crippen molar-refractivity contribution >= 4 is 19.2 Å². The van der Waals surface area contributed by atoms with Crippen LogP contribution in [0.1, 0.15) is 60.4 Å². The molecule has 2 aromatic carbocycles. The Hall–Kier alpha value is -2.04. The zero-order valence-electron chi connectivity index (χ0n) is 20.8. The maximum absolute atomic E-state index is 13.3. The predicted octanol–water partition coefficient (Wildman–Crippen LogP) is 7.76. The lowest BCUT2D eigenvalue weighted by Gasteiger charge is -2.33. The summed E-state index contributed by atoms with van der Waals surface area (Å²) in [5.74, 6) is 1.37. The quantitative estimate of drug-likeness (QED) is 0.381. The smallest absolute Gasteiger partial charge is 0.368 e. The highest BCUT2D eigenvalue weighted by Gasteiger charge is 2.37. The number of halogens is 1. The molecule has 0 spiro atoms. The van der Waals surface area contributed by atoms with E-state index in [1.165, 1.54) is 5.56 Å². The molecule has 2 aromatic rings. The molecule has 1 unspecified atom stereocenters. The molecule has 0 bridgehead atoms. The van der Waals surface area contributed by atoms with E-state index >= 15 is 0 Å². The average molecular weight is 517 g/mol. The minimum Gasteiger partial charge on any atom is -0.508 e. The van der Waals surface area contributed by atoms with Gasteiger partial charge < -0.3 is 18.9 Å². The highest BCUT2D eigenvalue weighted by molar-refractivity contribution is 7.53. The lowest BCUT2D eigenvalue weighted by Crippen LogP contribution is -2.29. The number of phenols is 1. The van der Waals surface area contributed by atoms with Gasteiger partial charge in [0.25, 0.3) is 0 Å². The van der Waals surface area contributed by atoms with Gasteiger partial charge >= 0.3 is 7.60 Å². The monoisotopic (exact) mass is 516 g/mol. The zero-order chi connectivity index (χ0) is 25.2. The third-order valence-electron chi connectivity index (χ3n) is 6.71. The third kappa shape index (κ3) is 6.40. The van der Waals surface area contributed by atoms with Crippen LogP contribution in [0.4, 0.5) is 0 Å². The van der Waals surface area contributed by atoms with Gasteiger partial charge in [0.05, 0.1) is 12.7 Å². The van der Waals surface area contributed by atoms with Gasteiger partial charge in [0.1, 0.15) is 11.5 Å². The molecule has 188 valence electrons. The fraction of sp³-hybridized carbons (Fsp3) is 0.429. The van der Waals surface area contributed by atoms with Gasteiger partial charge in [-0.3, -0.25) is 4.57 Å². The molecule has 1 aliphatic carbocycles. The van der Waals surface area contributed by atoms with Crippen molar-refractivity contribution in [2.75, 3.05) is 13.0 Å². The van der Waals surface area contributed by atoms with E-state index in [1.807, 2.05) is 36.4 Å². The van der Waals surface area contributed by atoms with Crippen molar-refractivity contribution in [3.8, 4) is 11.5 Å². The molecule has 1 saturated heterocycles. The molecular formula is C28H34ClO5P. The van der Waals surface area contributed by atoms with Gasteiger partial charge in [0, 0.05) is 11.0 Å². The highest BCUT2D eigenvalue weighted by atomic mass is 35.5. The molecule has 2 aliphatic rings. The fourth-order valence-electron chi connectivity index (χ4n) is 4.69. The minimum absolute atomic E-state index is 0.121. The first-order valence-corrected chi connectivity index (χ1v) is 14.2. The standard InChI is InChI=1S/C28H34ClO5P/c1-18(2)25-15-21(5-10-27(25)30)16-26-19(3)13-24(14-20(26)4)32-17-35(31)33-12-11-28(34-35)22-6-8-23(29)9-7-22/h5-6,8-10,13-15,18,22,28,30H,7,11-12,16-17H2,1-4H3/t22?,28-,35-/m0/s1. The van der Waals surface area contributed by atoms with E-state index in [4.69, 9.17) is 25.4 Å². The van der Waals surface area contributed by atoms with E-state index in [0.29, 0.717) is 24.5 Å². The second kappa shape index (κ2) is 10.9. The molecule has 1 aliphatic heterocycles. The summed E-state index contributed by atoms with van der Waals surface area (Å²) < 4.78 is 30.7. The molecule has 5 nitrogen and oxygen atoms in total. The number of aromatic hydroxyl groups is 1. The van der Waals surface area contributed by atoms with Crippen molar-refractivity contribution in [2.45, 2.75) is 59.0 Å². The largest absolute Gasteiger partial charge is 0.508 e. The van der Waals surface area contributed by atoms with Crippen LogP contribution in [0.25, 0.3) is 0 Å². The number of ether oxygens (including phenoxy) is 1. The lowest BCUT2D eigenvalue weighted by molar-refractivity contribution is 0.0496. The van der Waals surface area contributed by atoms with Crippen LogP contribution in [-0.2, 0) is 20.0 Å². The average Bonchev–Trinajstić information content (AvgIpc) is 2.81. The van der Waals surface area contributed by atoms with Crippen LogP contribution in [0.2, 0.25) is 0 Å². The molecule has 4 rings (SSSR count). The van der Waals surface area contributed by atoms with E-state index in [1.54, 1.807) is 6.07 Å². The summed E-state index contributed by atoms with van der Waals surface area (Å²) in [6.45, 7) is 8.65. The van der Waals surface area contributed by atoms with Crippen molar-refractivity contribution in [1.29, 1.82) is 0 Å². The van der Waals surface area contributed by atoms with E-state index < -0.39 is 7.60 Å².